The van der Waals surface area contributed by atoms with Crippen LogP contribution in [0.25, 0.3) is 11.3 Å². The average Bonchev–Trinajstić information content (AvgIpc) is 3.16. The lowest BCUT2D eigenvalue weighted by Crippen LogP contribution is -2.36. The minimum Gasteiger partial charge on any atom is -0.481 e. The van der Waals surface area contributed by atoms with E-state index in [1.165, 1.54) is 4.68 Å². The summed E-state index contributed by atoms with van der Waals surface area (Å²) in [4.78, 5) is 25.1. The number of amides is 1. The van der Waals surface area contributed by atoms with Crippen molar-refractivity contribution in [2.45, 2.75) is 19.9 Å². The fraction of sp³-hybridized carbons (Fsp3) is 0.375. The largest absolute Gasteiger partial charge is 0.481 e. The molecule has 7 nitrogen and oxygen atoms in total. The summed E-state index contributed by atoms with van der Waals surface area (Å²) in [5, 5.41) is 17.3. The number of aromatic nitrogens is 3. The summed E-state index contributed by atoms with van der Waals surface area (Å²) in [6.45, 7) is 2.43. The number of nitrogens with zero attached hydrogens (tertiary/aromatic N) is 4. The summed E-state index contributed by atoms with van der Waals surface area (Å²) in [7, 11) is 0. The Bertz CT molecular complexity index is 728. The van der Waals surface area contributed by atoms with Crippen molar-refractivity contribution < 1.29 is 14.7 Å². The lowest BCUT2D eigenvalue weighted by atomic mass is 9.90. The number of benzene rings is 1. The maximum absolute atomic E-state index is 12.3. The van der Waals surface area contributed by atoms with Crippen molar-refractivity contribution in [2.75, 3.05) is 13.1 Å². The van der Waals surface area contributed by atoms with Crippen LogP contribution in [0.3, 0.4) is 0 Å². The Morgan fingerprint density at radius 3 is 2.70 bits per heavy atom. The first-order chi connectivity index (χ1) is 11.0. The first kappa shape index (κ1) is 15.2. The van der Waals surface area contributed by atoms with Gasteiger partial charge < -0.3 is 10.0 Å². The second-order valence-corrected chi connectivity index (χ2v) is 6.10. The summed E-state index contributed by atoms with van der Waals surface area (Å²) >= 11 is 0. The quantitative estimate of drug-likeness (QED) is 0.918. The lowest BCUT2D eigenvalue weighted by Gasteiger charge is -2.20. The number of rotatable bonds is 4. The van der Waals surface area contributed by atoms with Gasteiger partial charge in [-0.2, -0.15) is 0 Å². The van der Waals surface area contributed by atoms with Crippen LogP contribution < -0.4 is 0 Å². The highest BCUT2D eigenvalue weighted by molar-refractivity contribution is 5.80. The van der Waals surface area contributed by atoms with E-state index in [4.69, 9.17) is 0 Å². The van der Waals surface area contributed by atoms with Gasteiger partial charge in [-0.1, -0.05) is 35.5 Å². The summed E-state index contributed by atoms with van der Waals surface area (Å²) < 4.78 is 1.49. The molecule has 0 aliphatic carbocycles. The molecular weight excluding hydrogens is 296 g/mol. The maximum Gasteiger partial charge on any atom is 0.311 e. The second kappa shape index (κ2) is 5.83. The van der Waals surface area contributed by atoms with Gasteiger partial charge in [0.15, 0.2) is 0 Å². The highest BCUT2D eigenvalue weighted by atomic mass is 16.4. The van der Waals surface area contributed by atoms with E-state index in [0.29, 0.717) is 18.7 Å². The van der Waals surface area contributed by atoms with Gasteiger partial charge in [0.05, 0.1) is 11.6 Å². The van der Waals surface area contributed by atoms with Gasteiger partial charge >= 0.3 is 5.97 Å². The molecule has 1 aliphatic heterocycles. The van der Waals surface area contributed by atoms with Crippen molar-refractivity contribution in [1.82, 2.24) is 19.9 Å². The van der Waals surface area contributed by atoms with E-state index in [2.05, 4.69) is 10.3 Å². The highest BCUT2D eigenvalue weighted by Crippen LogP contribution is 2.30. The zero-order chi connectivity index (χ0) is 16.4. The molecule has 2 heterocycles. The SMILES string of the molecule is CC1(C(=O)O)CCN(C(=O)Cn2cc(-c3ccccc3)nn2)C1. The van der Waals surface area contributed by atoms with Crippen LogP contribution in [0, 0.1) is 5.41 Å². The number of hydrogen-bond donors (Lipinski definition) is 1. The van der Waals surface area contributed by atoms with Crippen LogP contribution >= 0.6 is 0 Å². The van der Waals surface area contributed by atoms with Crippen LogP contribution in [0.2, 0.25) is 0 Å². The topological polar surface area (TPSA) is 88.3 Å². The molecule has 1 aromatic heterocycles. The van der Waals surface area contributed by atoms with Crippen LogP contribution in [0.5, 0.6) is 0 Å². The molecule has 1 atom stereocenters. The Hall–Kier alpha value is -2.70. The molecule has 3 rings (SSSR count). The number of aliphatic carboxylic acids is 1. The number of carboxylic acid groups (broad SMARTS) is 1. The van der Waals surface area contributed by atoms with Gasteiger partial charge in [-0.15, -0.1) is 5.10 Å². The molecule has 1 saturated heterocycles. The van der Waals surface area contributed by atoms with Crippen LogP contribution in [-0.2, 0) is 16.1 Å². The molecule has 1 fully saturated rings. The molecule has 1 unspecified atom stereocenters. The smallest absolute Gasteiger partial charge is 0.311 e. The van der Waals surface area contributed by atoms with Gasteiger partial charge in [0.25, 0.3) is 0 Å². The minimum absolute atomic E-state index is 0.0650. The van der Waals surface area contributed by atoms with E-state index in [1.807, 2.05) is 30.3 Å². The Balaban J connectivity index is 1.66. The normalized spacial score (nSPS) is 20.7. The maximum atomic E-state index is 12.3. The number of hydrogen-bond acceptors (Lipinski definition) is 4. The monoisotopic (exact) mass is 314 g/mol. The van der Waals surface area contributed by atoms with Crippen LogP contribution in [0.15, 0.2) is 36.5 Å². The number of likely N-dealkylation sites (tertiary alicyclic amines) is 1. The van der Waals surface area contributed by atoms with E-state index in [0.717, 1.165) is 5.56 Å². The Labute approximate surface area is 133 Å². The highest BCUT2D eigenvalue weighted by Gasteiger charge is 2.42. The predicted molar refractivity (Wildman–Crippen MR) is 82.4 cm³/mol. The molecule has 1 aliphatic rings. The minimum atomic E-state index is -0.861. The second-order valence-electron chi connectivity index (χ2n) is 6.10. The van der Waals surface area contributed by atoms with Gasteiger partial charge in [-0.3, -0.25) is 9.59 Å². The molecule has 0 bridgehead atoms. The van der Waals surface area contributed by atoms with E-state index in [9.17, 15) is 14.7 Å². The van der Waals surface area contributed by atoms with Crippen molar-refractivity contribution in [3.05, 3.63) is 36.5 Å². The zero-order valence-corrected chi connectivity index (χ0v) is 12.8. The number of carbonyl (C=O) groups excluding carboxylic acids is 1. The molecule has 1 aromatic carbocycles. The molecule has 7 heteroatoms. The third-order valence-electron chi connectivity index (χ3n) is 4.25. The standard InChI is InChI=1S/C16H18N4O3/c1-16(15(22)23)7-8-19(11-16)14(21)10-20-9-13(17-18-20)12-5-3-2-4-6-12/h2-6,9H,7-8,10-11H2,1H3,(H,22,23). The van der Waals surface area contributed by atoms with Gasteiger partial charge in [0.2, 0.25) is 5.91 Å². The van der Waals surface area contributed by atoms with Crippen LogP contribution in [0.4, 0.5) is 0 Å². The van der Waals surface area contributed by atoms with Crippen molar-refractivity contribution in [3.8, 4) is 11.3 Å². The fourth-order valence-corrected chi connectivity index (χ4v) is 2.70. The zero-order valence-electron chi connectivity index (χ0n) is 12.8. The first-order valence-electron chi connectivity index (χ1n) is 7.45. The van der Waals surface area contributed by atoms with E-state index in [-0.39, 0.29) is 19.0 Å². The summed E-state index contributed by atoms with van der Waals surface area (Å²) in [6, 6.07) is 9.60. The lowest BCUT2D eigenvalue weighted by molar-refractivity contribution is -0.147. The Kier molecular flexibility index (Phi) is 3.85. The van der Waals surface area contributed by atoms with Crippen molar-refractivity contribution >= 4 is 11.9 Å². The van der Waals surface area contributed by atoms with Gasteiger partial charge in [0, 0.05) is 18.7 Å². The molecule has 23 heavy (non-hydrogen) atoms. The van der Waals surface area contributed by atoms with Gasteiger partial charge in [-0.05, 0) is 13.3 Å². The molecule has 1 N–H and O–H groups in total. The third-order valence-corrected chi connectivity index (χ3v) is 4.25. The summed E-state index contributed by atoms with van der Waals surface area (Å²) in [6.07, 6.45) is 2.19. The van der Waals surface area contributed by atoms with Crippen LogP contribution in [0.1, 0.15) is 13.3 Å². The molecule has 0 spiro atoms. The molecule has 0 saturated carbocycles. The Morgan fingerprint density at radius 2 is 2.04 bits per heavy atom. The molecular formula is C16H18N4O3. The molecule has 0 radical (unpaired) electrons. The van der Waals surface area contributed by atoms with Gasteiger partial charge in [0.1, 0.15) is 12.2 Å². The van der Waals surface area contributed by atoms with Crippen molar-refractivity contribution in [2.24, 2.45) is 5.41 Å². The average molecular weight is 314 g/mol. The predicted octanol–water partition coefficient (Wildman–Crippen LogP) is 1.27. The van der Waals surface area contributed by atoms with E-state index < -0.39 is 11.4 Å². The fourth-order valence-electron chi connectivity index (χ4n) is 2.70. The summed E-state index contributed by atoms with van der Waals surface area (Å²) in [5.41, 5.74) is 0.786. The van der Waals surface area contributed by atoms with Gasteiger partial charge in [-0.25, -0.2) is 4.68 Å². The molecule has 1 amide bonds. The van der Waals surface area contributed by atoms with Crippen molar-refractivity contribution in [1.29, 1.82) is 0 Å². The Morgan fingerprint density at radius 1 is 1.30 bits per heavy atom. The third kappa shape index (κ3) is 3.08. The molecule has 2 aromatic rings. The van der Waals surface area contributed by atoms with E-state index >= 15 is 0 Å². The number of carboxylic acids is 1. The van der Waals surface area contributed by atoms with Crippen LogP contribution in [-0.4, -0.2) is 50.0 Å². The first-order valence-corrected chi connectivity index (χ1v) is 7.45. The van der Waals surface area contributed by atoms with E-state index in [1.54, 1.807) is 18.0 Å². The van der Waals surface area contributed by atoms with Crippen molar-refractivity contribution in [3.63, 3.8) is 0 Å². The number of carbonyl (C=O) groups is 2. The molecule has 120 valence electrons. The summed E-state index contributed by atoms with van der Waals surface area (Å²) in [5.74, 6) is -1.00.